The molecular weight excluding hydrogens is 198 g/mol. The van der Waals surface area contributed by atoms with Gasteiger partial charge in [-0.25, -0.2) is 0 Å². The van der Waals surface area contributed by atoms with Crippen LogP contribution in [-0.2, 0) is 4.79 Å². The van der Waals surface area contributed by atoms with Crippen LogP contribution in [0.5, 0.6) is 0 Å². The summed E-state index contributed by atoms with van der Waals surface area (Å²) < 4.78 is 0. The van der Waals surface area contributed by atoms with Gasteiger partial charge in [-0.2, -0.15) is 0 Å². The summed E-state index contributed by atoms with van der Waals surface area (Å²) in [6.07, 6.45) is 7.74. The molecule has 0 heterocycles. The molecule has 0 saturated heterocycles. The van der Waals surface area contributed by atoms with Crippen LogP contribution in [0.2, 0.25) is 0 Å². The van der Waals surface area contributed by atoms with Crippen LogP contribution in [0.25, 0.3) is 0 Å². The molecule has 0 aliphatic heterocycles. The average Bonchev–Trinajstić information content (AvgIpc) is 2.30. The molecule has 0 saturated carbocycles. The minimum atomic E-state index is 0.448. The van der Waals surface area contributed by atoms with Crippen molar-refractivity contribution in [1.29, 1.82) is 0 Å². The van der Waals surface area contributed by atoms with Crippen molar-refractivity contribution in [2.24, 2.45) is 0 Å². The summed E-state index contributed by atoms with van der Waals surface area (Å²) in [5.74, 6) is 0.448. The fraction of sp³-hybridized carbons (Fsp3) is 0.929. The number of ketones is 1. The first-order valence-corrected chi connectivity index (χ1v) is 6.98. The molecule has 2 heteroatoms. The van der Waals surface area contributed by atoms with Crippen molar-refractivity contribution >= 4 is 5.78 Å². The summed E-state index contributed by atoms with van der Waals surface area (Å²) in [4.78, 5) is 13.9. The standard InChI is InChI=1S/C14H29NO/c1-4-7-8-9-10-11-14(16)12-13-15(5-2)6-3/h4-13H2,1-3H3. The van der Waals surface area contributed by atoms with E-state index in [1.165, 1.54) is 25.7 Å². The molecular formula is C14H29NO. The third-order valence-corrected chi connectivity index (χ3v) is 3.16. The Morgan fingerprint density at radius 2 is 1.50 bits per heavy atom. The van der Waals surface area contributed by atoms with Gasteiger partial charge in [0.25, 0.3) is 0 Å². The maximum Gasteiger partial charge on any atom is 0.134 e. The zero-order valence-corrected chi connectivity index (χ0v) is 11.4. The Morgan fingerprint density at radius 3 is 2.06 bits per heavy atom. The van der Waals surface area contributed by atoms with Crippen molar-refractivity contribution in [3.63, 3.8) is 0 Å². The fourth-order valence-corrected chi connectivity index (χ4v) is 1.87. The van der Waals surface area contributed by atoms with Crippen molar-refractivity contribution in [3.8, 4) is 0 Å². The van der Waals surface area contributed by atoms with Crippen molar-refractivity contribution < 1.29 is 4.79 Å². The van der Waals surface area contributed by atoms with E-state index >= 15 is 0 Å². The molecule has 0 spiro atoms. The topological polar surface area (TPSA) is 20.3 Å². The Balaban J connectivity index is 3.37. The Bertz CT molecular complexity index is 164. The third kappa shape index (κ3) is 8.90. The van der Waals surface area contributed by atoms with Crippen LogP contribution in [0, 0.1) is 0 Å². The molecule has 96 valence electrons. The van der Waals surface area contributed by atoms with E-state index in [2.05, 4.69) is 25.7 Å². The number of hydrogen-bond donors (Lipinski definition) is 0. The smallest absolute Gasteiger partial charge is 0.134 e. The highest BCUT2D eigenvalue weighted by molar-refractivity contribution is 5.78. The second kappa shape index (κ2) is 11.1. The van der Waals surface area contributed by atoms with Crippen molar-refractivity contribution in [2.45, 2.75) is 65.7 Å². The summed E-state index contributed by atoms with van der Waals surface area (Å²) in [5.41, 5.74) is 0. The Labute approximate surface area is 101 Å². The van der Waals surface area contributed by atoms with Crippen molar-refractivity contribution in [3.05, 3.63) is 0 Å². The molecule has 0 bridgehead atoms. The Kier molecular flexibility index (Phi) is 10.9. The van der Waals surface area contributed by atoms with Crippen LogP contribution in [0.15, 0.2) is 0 Å². The number of nitrogens with zero attached hydrogens (tertiary/aromatic N) is 1. The highest BCUT2D eigenvalue weighted by atomic mass is 16.1. The summed E-state index contributed by atoms with van der Waals surface area (Å²) in [6, 6.07) is 0. The van der Waals surface area contributed by atoms with Crippen LogP contribution in [0.4, 0.5) is 0 Å². The van der Waals surface area contributed by atoms with Crippen molar-refractivity contribution in [1.82, 2.24) is 4.90 Å². The van der Waals surface area contributed by atoms with Gasteiger partial charge < -0.3 is 4.90 Å². The van der Waals surface area contributed by atoms with Gasteiger partial charge in [-0.3, -0.25) is 4.79 Å². The maximum atomic E-state index is 11.6. The second-order valence-electron chi connectivity index (χ2n) is 4.48. The van der Waals surface area contributed by atoms with E-state index in [1.807, 2.05) is 0 Å². The number of Topliss-reactive ketones (excluding diaryl/α,β-unsaturated/α-hetero) is 1. The van der Waals surface area contributed by atoms with Crippen LogP contribution >= 0.6 is 0 Å². The number of rotatable bonds is 11. The van der Waals surface area contributed by atoms with Gasteiger partial charge in [0.1, 0.15) is 5.78 Å². The van der Waals surface area contributed by atoms with Gasteiger partial charge in [0, 0.05) is 19.4 Å². The van der Waals surface area contributed by atoms with Gasteiger partial charge in [0.2, 0.25) is 0 Å². The van der Waals surface area contributed by atoms with E-state index in [0.29, 0.717) is 5.78 Å². The molecule has 0 amide bonds. The molecule has 0 radical (unpaired) electrons. The van der Waals surface area contributed by atoms with Crippen molar-refractivity contribution in [2.75, 3.05) is 19.6 Å². The summed E-state index contributed by atoms with van der Waals surface area (Å²) in [7, 11) is 0. The van der Waals surface area contributed by atoms with Gasteiger partial charge in [0.15, 0.2) is 0 Å². The zero-order chi connectivity index (χ0) is 12.2. The molecule has 0 fully saturated rings. The molecule has 0 N–H and O–H groups in total. The van der Waals surface area contributed by atoms with E-state index < -0.39 is 0 Å². The first-order valence-electron chi connectivity index (χ1n) is 6.98. The van der Waals surface area contributed by atoms with E-state index in [4.69, 9.17) is 0 Å². The lowest BCUT2D eigenvalue weighted by molar-refractivity contribution is -0.119. The molecule has 0 atom stereocenters. The van der Waals surface area contributed by atoms with E-state index in [0.717, 1.165) is 38.9 Å². The third-order valence-electron chi connectivity index (χ3n) is 3.16. The van der Waals surface area contributed by atoms with Crippen LogP contribution < -0.4 is 0 Å². The van der Waals surface area contributed by atoms with Crippen LogP contribution in [0.3, 0.4) is 0 Å². The largest absolute Gasteiger partial charge is 0.303 e. The van der Waals surface area contributed by atoms with Gasteiger partial charge in [0.05, 0.1) is 0 Å². The number of hydrogen-bond acceptors (Lipinski definition) is 2. The minimum Gasteiger partial charge on any atom is -0.303 e. The highest BCUT2D eigenvalue weighted by Gasteiger charge is 2.04. The monoisotopic (exact) mass is 227 g/mol. The number of unbranched alkanes of at least 4 members (excludes halogenated alkanes) is 4. The Hall–Kier alpha value is -0.370. The van der Waals surface area contributed by atoms with Gasteiger partial charge >= 0.3 is 0 Å². The van der Waals surface area contributed by atoms with Crippen LogP contribution in [-0.4, -0.2) is 30.3 Å². The predicted molar refractivity (Wildman–Crippen MR) is 70.8 cm³/mol. The molecule has 0 aromatic heterocycles. The predicted octanol–water partition coefficient (Wildman–Crippen LogP) is 3.65. The van der Waals surface area contributed by atoms with Gasteiger partial charge in [-0.05, 0) is 19.5 Å². The van der Waals surface area contributed by atoms with Gasteiger partial charge in [-0.15, -0.1) is 0 Å². The quantitative estimate of drug-likeness (QED) is 0.502. The summed E-state index contributed by atoms with van der Waals surface area (Å²) >= 11 is 0. The first-order chi connectivity index (χ1) is 7.74. The van der Waals surface area contributed by atoms with E-state index in [9.17, 15) is 4.79 Å². The molecule has 0 unspecified atom stereocenters. The zero-order valence-electron chi connectivity index (χ0n) is 11.4. The SMILES string of the molecule is CCCCCCCC(=O)CCN(CC)CC. The minimum absolute atomic E-state index is 0.448. The average molecular weight is 227 g/mol. The molecule has 2 nitrogen and oxygen atoms in total. The first kappa shape index (κ1) is 15.6. The summed E-state index contributed by atoms with van der Waals surface area (Å²) in [6.45, 7) is 9.58. The lowest BCUT2D eigenvalue weighted by Gasteiger charge is -2.16. The molecule has 16 heavy (non-hydrogen) atoms. The molecule has 0 rings (SSSR count). The van der Waals surface area contributed by atoms with E-state index in [-0.39, 0.29) is 0 Å². The number of carbonyl (C=O) groups is 1. The normalized spacial score (nSPS) is 11.0. The number of carbonyl (C=O) groups excluding carboxylic acids is 1. The molecule has 0 aliphatic carbocycles. The lowest BCUT2D eigenvalue weighted by atomic mass is 10.1. The molecule has 0 aromatic rings. The lowest BCUT2D eigenvalue weighted by Crippen LogP contribution is -2.25. The fourth-order valence-electron chi connectivity index (χ4n) is 1.87. The highest BCUT2D eigenvalue weighted by Crippen LogP contribution is 2.06. The molecule has 0 aliphatic rings. The van der Waals surface area contributed by atoms with E-state index in [1.54, 1.807) is 0 Å². The van der Waals surface area contributed by atoms with Gasteiger partial charge in [-0.1, -0.05) is 46.5 Å². The second-order valence-corrected chi connectivity index (χ2v) is 4.48. The Morgan fingerprint density at radius 1 is 0.875 bits per heavy atom. The molecule has 0 aromatic carbocycles. The summed E-state index contributed by atoms with van der Waals surface area (Å²) in [5, 5.41) is 0. The van der Waals surface area contributed by atoms with Crippen LogP contribution in [0.1, 0.15) is 65.7 Å². The maximum absolute atomic E-state index is 11.6.